The Bertz CT molecular complexity index is 1240. The minimum Gasteiger partial charge on any atom is -0.473 e. The van der Waals surface area contributed by atoms with Crippen molar-refractivity contribution in [2.45, 2.75) is 25.9 Å². The largest absolute Gasteiger partial charge is 0.473 e. The molecule has 5 rings (SSSR count). The van der Waals surface area contributed by atoms with E-state index in [-0.39, 0.29) is 22.9 Å². The van der Waals surface area contributed by atoms with Crippen LogP contribution in [0.3, 0.4) is 0 Å². The average Bonchev–Trinajstić information content (AvgIpc) is 2.82. The van der Waals surface area contributed by atoms with E-state index in [9.17, 15) is 4.79 Å². The van der Waals surface area contributed by atoms with Gasteiger partial charge in [0.2, 0.25) is 0 Å². The number of hydrogen-bond donors (Lipinski definition) is 1. The molecule has 2 aliphatic heterocycles. The predicted molar refractivity (Wildman–Crippen MR) is 124 cm³/mol. The standard InChI is InChI=1S/C23H24ClN5O4/c1-12-8-15(13(2)25-16-4-5-18(24)27-20(16)23(30)31-3)19-17(9-12)26-22-21(28-19)29-6-7-32-10-14(29)11-33-22/h4-5,8-9,13-14,25H,6-7,10-11H2,1-3H3/t13-,14+/m1/s1. The van der Waals surface area contributed by atoms with E-state index in [0.29, 0.717) is 31.4 Å². The van der Waals surface area contributed by atoms with Gasteiger partial charge in [-0.15, -0.1) is 0 Å². The summed E-state index contributed by atoms with van der Waals surface area (Å²) in [6.45, 7) is 6.54. The second-order valence-corrected chi connectivity index (χ2v) is 8.58. The van der Waals surface area contributed by atoms with Gasteiger partial charge in [-0.2, -0.15) is 0 Å². The van der Waals surface area contributed by atoms with Crippen LogP contribution in [0.1, 0.15) is 34.6 Å². The number of carbonyl (C=O) groups is 1. The number of rotatable bonds is 4. The van der Waals surface area contributed by atoms with Gasteiger partial charge in [0.05, 0.1) is 49.1 Å². The number of ether oxygens (including phenoxy) is 3. The van der Waals surface area contributed by atoms with Crippen molar-refractivity contribution in [3.8, 4) is 5.88 Å². The van der Waals surface area contributed by atoms with Crippen LogP contribution in [0.2, 0.25) is 5.15 Å². The lowest BCUT2D eigenvalue weighted by Gasteiger charge is -2.39. The van der Waals surface area contributed by atoms with Crippen LogP contribution in [-0.4, -0.2) is 60.4 Å². The molecule has 33 heavy (non-hydrogen) atoms. The highest BCUT2D eigenvalue weighted by atomic mass is 35.5. The molecule has 1 saturated heterocycles. The van der Waals surface area contributed by atoms with Crippen LogP contribution in [-0.2, 0) is 9.47 Å². The third-order valence-electron chi connectivity index (χ3n) is 5.89. The maximum absolute atomic E-state index is 12.2. The highest BCUT2D eigenvalue weighted by Gasteiger charge is 2.33. The number of benzene rings is 1. The molecule has 172 valence electrons. The van der Waals surface area contributed by atoms with E-state index in [0.717, 1.165) is 34.5 Å². The number of morpholine rings is 1. The van der Waals surface area contributed by atoms with Gasteiger partial charge in [-0.3, -0.25) is 0 Å². The molecule has 1 N–H and O–H groups in total. The number of esters is 1. The number of carbonyl (C=O) groups excluding carboxylic acids is 1. The van der Waals surface area contributed by atoms with E-state index in [2.05, 4.69) is 21.3 Å². The molecule has 9 nitrogen and oxygen atoms in total. The lowest BCUT2D eigenvalue weighted by atomic mass is 10.0. The van der Waals surface area contributed by atoms with E-state index in [1.807, 2.05) is 19.9 Å². The third kappa shape index (κ3) is 4.02. The van der Waals surface area contributed by atoms with Gasteiger partial charge in [-0.05, 0) is 37.6 Å². The Balaban J connectivity index is 1.56. The first-order valence-corrected chi connectivity index (χ1v) is 11.1. The molecule has 0 saturated carbocycles. The molecule has 2 atom stereocenters. The van der Waals surface area contributed by atoms with E-state index in [1.165, 1.54) is 7.11 Å². The normalized spacial score (nSPS) is 18.2. The number of methoxy groups -OCH3 is 1. The maximum Gasteiger partial charge on any atom is 0.358 e. The van der Waals surface area contributed by atoms with Crippen molar-refractivity contribution < 1.29 is 19.0 Å². The molecule has 2 aliphatic rings. The van der Waals surface area contributed by atoms with Crippen molar-refractivity contribution in [1.29, 1.82) is 0 Å². The van der Waals surface area contributed by atoms with Crippen LogP contribution in [0.4, 0.5) is 11.5 Å². The van der Waals surface area contributed by atoms with Gasteiger partial charge in [0.25, 0.3) is 5.88 Å². The molecule has 0 bridgehead atoms. The molecule has 0 aliphatic carbocycles. The molecule has 10 heteroatoms. The van der Waals surface area contributed by atoms with Crippen LogP contribution in [0, 0.1) is 6.92 Å². The number of aryl methyl sites for hydroxylation is 1. The van der Waals surface area contributed by atoms with Gasteiger partial charge in [-0.25, -0.2) is 19.7 Å². The van der Waals surface area contributed by atoms with Gasteiger partial charge >= 0.3 is 5.97 Å². The summed E-state index contributed by atoms with van der Waals surface area (Å²) in [5.74, 6) is 0.723. The Kier molecular flexibility index (Phi) is 5.67. The lowest BCUT2D eigenvalue weighted by molar-refractivity contribution is 0.0595. The number of hydrogen-bond acceptors (Lipinski definition) is 9. The van der Waals surface area contributed by atoms with Crippen LogP contribution < -0.4 is 15.0 Å². The fourth-order valence-electron chi connectivity index (χ4n) is 4.28. The van der Waals surface area contributed by atoms with Crippen LogP contribution in [0.15, 0.2) is 24.3 Å². The molecular formula is C23H24ClN5O4. The summed E-state index contributed by atoms with van der Waals surface area (Å²) in [6.07, 6.45) is 0. The SMILES string of the molecule is COC(=O)c1nc(Cl)ccc1N[C@H](C)c1cc(C)cc2nc3c(nc12)N1CCOC[C@H]1CO3. The average molecular weight is 470 g/mol. The minimum atomic E-state index is -0.564. The zero-order chi connectivity index (χ0) is 23.1. The molecule has 0 unspecified atom stereocenters. The molecule has 1 aromatic carbocycles. The summed E-state index contributed by atoms with van der Waals surface area (Å²) < 4.78 is 16.4. The Morgan fingerprint density at radius 3 is 2.94 bits per heavy atom. The van der Waals surface area contributed by atoms with E-state index < -0.39 is 5.97 Å². The fraction of sp³-hybridized carbons (Fsp3) is 0.391. The number of anilines is 2. The number of nitrogens with one attached hydrogen (secondary N) is 1. The van der Waals surface area contributed by atoms with Crippen molar-refractivity contribution in [3.63, 3.8) is 0 Å². The van der Waals surface area contributed by atoms with Crippen molar-refractivity contribution in [3.05, 3.63) is 46.2 Å². The summed E-state index contributed by atoms with van der Waals surface area (Å²) in [7, 11) is 1.31. The summed E-state index contributed by atoms with van der Waals surface area (Å²) in [6, 6.07) is 7.33. The summed E-state index contributed by atoms with van der Waals surface area (Å²) >= 11 is 6.00. The second kappa shape index (κ2) is 8.64. The van der Waals surface area contributed by atoms with Gasteiger partial charge in [0, 0.05) is 12.1 Å². The smallest absolute Gasteiger partial charge is 0.358 e. The Morgan fingerprint density at radius 1 is 1.27 bits per heavy atom. The summed E-state index contributed by atoms with van der Waals surface area (Å²) in [5.41, 5.74) is 4.17. The topological polar surface area (TPSA) is 98.7 Å². The number of fused-ring (bicyclic) bond motifs is 4. The number of aromatic nitrogens is 3. The van der Waals surface area contributed by atoms with Gasteiger partial charge in [0.15, 0.2) is 11.5 Å². The molecule has 4 heterocycles. The third-order valence-corrected chi connectivity index (χ3v) is 6.10. The predicted octanol–water partition coefficient (Wildman–Crippen LogP) is 3.54. The van der Waals surface area contributed by atoms with Crippen molar-refractivity contribution in [2.24, 2.45) is 0 Å². The van der Waals surface area contributed by atoms with Crippen LogP contribution >= 0.6 is 11.6 Å². The molecule has 3 aromatic rings. The van der Waals surface area contributed by atoms with E-state index >= 15 is 0 Å². The number of halogens is 1. The monoisotopic (exact) mass is 469 g/mol. The summed E-state index contributed by atoms with van der Waals surface area (Å²) in [4.78, 5) is 28.4. The van der Waals surface area contributed by atoms with Gasteiger partial charge < -0.3 is 24.4 Å². The molecule has 1 fully saturated rings. The van der Waals surface area contributed by atoms with Gasteiger partial charge in [-0.1, -0.05) is 17.7 Å². The summed E-state index contributed by atoms with van der Waals surface area (Å²) in [5, 5.41) is 3.59. The molecule has 0 amide bonds. The first kappa shape index (κ1) is 21.7. The fourth-order valence-corrected chi connectivity index (χ4v) is 4.43. The zero-order valence-corrected chi connectivity index (χ0v) is 19.3. The molecule has 2 aromatic heterocycles. The molecular weight excluding hydrogens is 446 g/mol. The molecule has 0 spiro atoms. The van der Waals surface area contributed by atoms with Crippen LogP contribution in [0.25, 0.3) is 11.0 Å². The highest BCUT2D eigenvalue weighted by Crippen LogP contribution is 2.36. The Morgan fingerprint density at radius 2 is 2.12 bits per heavy atom. The highest BCUT2D eigenvalue weighted by molar-refractivity contribution is 6.29. The Labute approximate surface area is 196 Å². The second-order valence-electron chi connectivity index (χ2n) is 8.20. The van der Waals surface area contributed by atoms with Crippen LogP contribution in [0.5, 0.6) is 5.88 Å². The molecule has 0 radical (unpaired) electrons. The quantitative estimate of drug-likeness (QED) is 0.454. The zero-order valence-electron chi connectivity index (χ0n) is 18.6. The maximum atomic E-state index is 12.2. The lowest BCUT2D eigenvalue weighted by Crippen LogP contribution is -2.51. The van der Waals surface area contributed by atoms with E-state index in [4.69, 9.17) is 35.8 Å². The number of pyridine rings is 1. The van der Waals surface area contributed by atoms with Crippen molar-refractivity contribution >= 4 is 40.1 Å². The van der Waals surface area contributed by atoms with Crippen molar-refractivity contribution in [1.82, 2.24) is 15.0 Å². The van der Waals surface area contributed by atoms with E-state index in [1.54, 1.807) is 12.1 Å². The first-order chi connectivity index (χ1) is 15.9. The Hall–Kier alpha value is -3.17. The van der Waals surface area contributed by atoms with Crippen molar-refractivity contribution in [2.75, 3.05) is 43.7 Å². The van der Waals surface area contributed by atoms with Gasteiger partial charge in [0.1, 0.15) is 11.8 Å². The minimum absolute atomic E-state index is 0.127. The first-order valence-electron chi connectivity index (χ1n) is 10.8. The number of nitrogens with zero attached hydrogens (tertiary/aromatic N) is 4.